The molecule has 1 aliphatic rings. The Balaban J connectivity index is 1.94. The minimum atomic E-state index is -0.474. The predicted octanol–water partition coefficient (Wildman–Crippen LogP) is 2.06. The molecule has 1 heterocycles. The minimum absolute atomic E-state index is 0.0143. The Morgan fingerprint density at radius 3 is 2.31 bits per heavy atom. The summed E-state index contributed by atoms with van der Waals surface area (Å²) in [6.45, 7) is 3.35. The molecule has 26 heavy (non-hydrogen) atoms. The fourth-order valence-electron chi connectivity index (χ4n) is 3.10. The van der Waals surface area contributed by atoms with Crippen LogP contribution in [0.1, 0.15) is 25.3 Å². The van der Waals surface area contributed by atoms with E-state index >= 15 is 0 Å². The highest BCUT2D eigenvalue weighted by Gasteiger charge is 2.22. The molecule has 1 unspecified atom stereocenters. The smallest absolute Gasteiger partial charge is 0.310 e. The van der Waals surface area contributed by atoms with Crippen LogP contribution < -0.4 is 14.2 Å². The van der Waals surface area contributed by atoms with Crippen molar-refractivity contribution in [2.75, 3.05) is 41.0 Å². The molecule has 0 radical (unpaired) electrons. The molecule has 0 aromatic heterocycles. The number of esters is 1. The molecule has 0 aliphatic carbocycles. The van der Waals surface area contributed by atoms with Crippen molar-refractivity contribution in [1.29, 1.82) is 0 Å². The van der Waals surface area contributed by atoms with Gasteiger partial charge in [-0.25, -0.2) is 0 Å². The maximum absolute atomic E-state index is 12.2. The molecule has 144 valence electrons. The summed E-state index contributed by atoms with van der Waals surface area (Å²) in [5.41, 5.74) is 0.656. The maximum atomic E-state index is 12.2. The van der Waals surface area contributed by atoms with E-state index in [1.54, 1.807) is 17.0 Å². The van der Waals surface area contributed by atoms with E-state index in [1.165, 1.54) is 21.3 Å². The molecule has 0 spiro atoms. The zero-order valence-electron chi connectivity index (χ0n) is 15.9. The molecule has 0 saturated carbocycles. The van der Waals surface area contributed by atoms with Crippen LogP contribution in [0.25, 0.3) is 0 Å². The van der Waals surface area contributed by atoms with Gasteiger partial charge in [0.1, 0.15) is 0 Å². The van der Waals surface area contributed by atoms with Gasteiger partial charge < -0.3 is 23.8 Å². The first kappa shape index (κ1) is 19.9. The first-order valence-corrected chi connectivity index (χ1v) is 8.70. The molecule has 1 atom stereocenters. The highest BCUT2D eigenvalue weighted by molar-refractivity contribution is 5.81. The Labute approximate surface area is 154 Å². The van der Waals surface area contributed by atoms with Crippen LogP contribution in [0.5, 0.6) is 17.2 Å². The fourth-order valence-corrected chi connectivity index (χ4v) is 3.10. The van der Waals surface area contributed by atoms with Crippen molar-refractivity contribution in [2.45, 2.75) is 26.2 Å². The molecule has 1 aliphatic heterocycles. The number of nitrogens with zero attached hydrogens (tertiary/aromatic N) is 1. The summed E-state index contributed by atoms with van der Waals surface area (Å²) < 4.78 is 21.0. The van der Waals surface area contributed by atoms with Crippen LogP contribution in [0.3, 0.4) is 0 Å². The molecule has 1 saturated heterocycles. The maximum Gasteiger partial charge on any atom is 0.310 e. The van der Waals surface area contributed by atoms with Crippen molar-refractivity contribution >= 4 is 11.9 Å². The lowest BCUT2D eigenvalue weighted by Crippen LogP contribution is -2.41. The molecule has 1 amide bonds. The van der Waals surface area contributed by atoms with Gasteiger partial charge in [-0.2, -0.15) is 0 Å². The number of rotatable bonds is 7. The van der Waals surface area contributed by atoms with Gasteiger partial charge in [-0.3, -0.25) is 9.59 Å². The zero-order valence-corrected chi connectivity index (χ0v) is 15.9. The summed E-state index contributed by atoms with van der Waals surface area (Å²) in [4.78, 5) is 26.1. The highest BCUT2D eigenvalue weighted by Crippen LogP contribution is 2.38. The number of methoxy groups -OCH3 is 3. The van der Waals surface area contributed by atoms with Crippen LogP contribution in [0.2, 0.25) is 0 Å². The summed E-state index contributed by atoms with van der Waals surface area (Å²) >= 11 is 0. The summed E-state index contributed by atoms with van der Waals surface area (Å²) in [5, 5.41) is 0. The van der Waals surface area contributed by atoms with E-state index in [0.29, 0.717) is 28.7 Å². The summed E-state index contributed by atoms with van der Waals surface area (Å²) in [6.07, 6.45) is 2.14. The van der Waals surface area contributed by atoms with Crippen molar-refractivity contribution in [2.24, 2.45) is 5.92 Å². The second kappa shape index (κ2) is 9.31. The molecule has 0 bridgehead atoms. The van der Waals surface area contributed by atoms with E-state index < -0.39 is 5.97 Å². The van der Waals surface area contributed by atoms with Gasteiger partial charge in [0.25, 0.3) is 5.91 Å². The summed E-state index contributed by atoms with van der Waals surface area (Å²) in [5.74, 6) is 1.26. The third-order valence-corrected chi connectivity index (χ3v) is 4.44. The number of carbonyl (C=O) groups is 2. The zero-order chi connectivity index (χ0) is 19.1. The number of hydrogen-bond acceptors (Lipinski definition) is 6. The second-order valence-corrected chi connectivity index (χ2v) is 6.46. The number of hydrogen-bond donors (Lipinski definition) is 0. The van der Waals surface area contributed by atoms with Crippen molar-refractivity contribution in [3.05, 3.63) is 17.7 Å². The average molecular weight is 365 g/mol. The Hall–Kier alpha value is -2.44. The van der Waals surface area contributed by atoms with Gasteiger partial charge in [0.2, 0.25) is 5.75 Å². The van der Waals surface area contributed by atoms with E-state index in [-0.39, 0.29) is 18.9 Å². The topological polar surface area (TPSA) is 74.3 Å². The molecule has 1 aromatic rings. The SMILES string of the molecule is COc1cc(CC(=O)OCC(=O)N2CCCC(C)C2)cc(OC)c1OC. The Kier molecular flexibility index (Phi) is 7.12. The van der Waals surface area contributed by atoms with E-state index in [9.17, 15) is 9.59 Å². The van der Waals surface area contributed by atoms with Gasteiger partial charge in [-0.1, -0.05) is 6.92 Å². The van der Waals surface area contributed by atoms with Crippen LogP contribution in [0.15, 0.2) is 12.1 Å². The number of benzene rings is 1. The normalized spacial score (nSPS) is 16.8. The lowest BCUT2D eigenvalue weighted by molar-refractivity contribution is -0.152. The molecular formula is C19H27NO6. The van der Waals surface area contributed by atoms with Crippen LogP contribution >= 0.6 is 0 Å². The highest BCUT2D eigenvalue weighted by atomic mass is 16.5. The summed E-state index contributed by atoms with van der Waals surface area (Å²) in [6, 6.07) is 3.38. The first-order chi connectivity index (χ1) is 12.5. The van der Waals surface area contributed by atoms with Gasteiger partial charge in [-0.05, 0) is 36.5 Å². The van der Waals surface area contributed by atoms with Gasteiger partial charge in [0.15, 0.2) is 18.1 Å². The predicted molar refractivity (Wildman–Crippen MR) is 95.7 cm³/mol. The number of piperidine rings is 1. The van der Waals surface area contributed by atoms with Crippen molar-refractivity contribution < 1.29 is 28.5 Å². The Morgan fingerprint density at radius 2 is 1.77 bits per heavy atom. The molecular weight excluding hydrogens is 338 g/mol. The molecule has 2 rings (SSSR count). The number of amides is 1. The van der Waals surface area contributed by atoms with Gasteiger partial charge in [0.05, 0.1) is 27.8 Å². The molecule has 0 N–H and O–H groups in total. The quantitative estimate of drug-likeness (QED) is 0.689. The number of carbonyl (C=O) groups excluding carboxylic acids is 2. The van der Waals surface area contributed by atoms with Crippen LogP contribution in [-0.2, 0) is 20.7 Å². The first-order valence-electron chi connectivity index (χ1n) is 8.70. The largest absolute Gasteiger partial charge is 0.493 e. The fraction of sp³-hybridized carbons (Fsp3) is 0.579. The third kappa shape index (κ3) is 5.03. The van der Waals surface area contributed by atoms with E-state index in [2.05, 4.69) is 6.92 Å². The van der Waals surface area contributed by atoms with Crippen molar-refractivity contribution in [1.82, 2.24) is 4.90 Å². The lowest BCUT2D eigenvalue weighted by atomic mass is 10.0. The Morgan fingerprint density at radius 1 is 1.12 bits per heavy atom. The van der Waals surface area contributed by atoms with Crippen LogP contribution in [0, 0.1) is 5.92 Å². The van der Waals surface area contributed by atoms with Crippen molar-refractivity contribution in [3.8, 4) is 17.2 Å². The third-order valence-electron chi connectivity index (χ3n) is 4.44. The second-order valence-electron chi connectivity index (χ2n) is 6.46. The van der Waals surface area contributed by atoms with E-state index in [1.807, 2.05) is 0 Å². The molecule has 1 aromatic carbocycles. The van der Waals surface area contributed by atoms with Gasteiger partial charge >= 0.3 is 5.97 Å². The van der Waals surface area contributed by atoms with Gasteiger partial charge in [-0.15, -0.1) is 0 Å². The van der Waals surface area contributed by atoms with E-state index in [4.69, 9.17) is 18.9 Å². The van der Waals surface area contributed by atoms with E-state index in [0.717, 1.165) is 25.9 Å². The lowest BCUT2D eigenvalue weighted by Gasteiger charge is -2.30. The monoisotopic (exact) mass is 365 g/mol. The minimum Gasteiger partial charge on any atom is -0.493 e. The van der Waals surface area contributed by atoms with Gasteiger partial charge in [0, 0.05) is 13.1 Å². The van der Waals surface area contributed by atoms with Crippen LogP contribution in [-0.4, -0.2) is 57.8 Å². The molecule has 7 nitrogen and oxygen atoms in total. The number of ether oxygens (including phenoxy) is 4. The summed E-state index contributed by atoms with van der Waals surface area (Å²) in [7, 11) is 4.54. The number of likely N-dealkylation sites (tertiary alicyclic amines) is 1. The van der Waals surface area contributed by atoms with Crippen molar-refractivity contribution in [3.63, 3.8) is 0 Å². The Bertz CT molecular complexity index is 620. The molecule has 7 heteroatoms. The standard InChI is InChI=1S/C19H27NO6/c1-13-6-5-7-20(11-13)17(21)12-26-18(22)10-14-8-15(23-2)19(25-4)16(9-14)24-3/h8-9,13H,5-7,10-12H2,1-4H3. The average Bonchev–Trinajstić information content (AvgIpc) is 2.65. The molecule has 1 fully saturated rings. The van der Waals surface area contributed by atoms with Crippen LogP contribution in [0.4, 0.5) is 0 Å².